The fourth-order valence-electron chi connectivity index (χ4n) is 9.23. The Morgan fingerprint density at radius 2 is 0.806 bits per heavy atom. The standard InChI is InChI=1S/C56H56N6/c1-11-35-18-17-19-36(12-2)48(35)39-28-37-24-26-42-46(55-59-51(33(7)8)57-53(61-55)44-22-15-13-20-40(44)31(3)4)30-47(43-27-25-38(29-39)49(37)50(42)43)56-60-52(34(9)10)58-54(62-56)45-23-16-14-21-41(45)32(5)6/h13-34H,11-12H2,1-10H3. The van der Waals surface area contributed by atoms with Crippen LogP contribution in [0.3, 0.4) is 0 Å². The molecule has 6 nitrogen and oxygen atoms in total. The summed E-state index contributed by atoms with van der Waals surface area (Å²) in [4.78, 5) is 31.6. The molecule has 6 heteroatoms. The predicted molar refractivity (Wildman–Crippen MR) is 259 cm³/mol. The molecule has 0 saturated carbocycles. The van der Waals surface area contributed by atoms with Crippen molar-refractivity contribution in [1.29, 1.82) is 0 Å². The highest BCUT2D eigenvalue weighted by Crippen LogP contribution is 2.45. The van der Waals surface area contributed by atoms with E-state index in [1.54, 1.807) is 0 Å². The minimum atomic E-state index is 0.0825. The molecule has 0 saturated heterocycles. The maximum absolute atomic E-state index is 5.37. The van der Waals surface area contributed by atoms with Gasteiger partial charge in [0.05, 0.1) is 0 Å². The fraction of sp³-hybridized carbons (Fsp3) is 0.286. The van der Waals surface area contributed by atoms with Crippen molar-refractivity contribution in [2.24, 2.45) is 0 Å². The molecule has 2 heterocycles. The lowest BCUT2D eigenvalue weighted by atomic mass is 9.85. The molecule has 0 fully saturated rings. The number of aromatic nitrogens is 6. The molecular formula is C56H56N6. The summed E-state index contributed by atoms with van der Waals surface area (Å²) in [6.07, 6.45) is 1.95. The van der Waals surface area contributed by atoms with Gasteiger partial charge in [0.15, 0.2) is 23.3 Å². The lowest BCUT2D eigenvalue weighted by Crippen LogP contribution is -2.08. The average Bonchev–Trinajstić information content (AvgIpc) is 3.29. The van der Waals surface area contributed by atoms with Crippen LogP contribution in [0.15, 0.2) is 109 Å². The zero-order valence-electron chi connectivity index (χ0n) is 37.8. The summed E-state index contributed by atoms with van der Waals surface area (Å²) < 4.78 is 0. The highest BCUT2D eigenvalue weighted by Gasteiger charge is 2.25. The molecule has 0 aliphatic heterocycles. The van der Waals surface area contributed by atoms with Crippen molar-refractivity contribution >= 4 is 32.3 Å². The Kier molecular flexibility index (Phi) is 10.9. The normalized spacial score (nSPS) is 12.1. The van der Waals surface area contributed by atoms with E-state index in [0.29, 0.717) is 35.1 Å². The molecule has 0 unspecified atom stereocenters. The van der Waals surface area contributed by atoms with E-state index in [9.17, 15) is 0 Å². The van der Waals surface area contributed by atoms with Gasteiger partial charge in [-0.05, 0) is 109 Å². The zero-order chi connectivity index (χ0) is 43.4. The minimum absolute atomic E-state index is 0.0825. The molecule has 0 amide bonds. The van der Waals surface area contributed by atoms with E-state index in [1.165, 1.54) is 49.5 Å². The van der Waals surface area contributed by atoms with Crippen LogP contribution in [0.1, 0.15) is 127 Å². The molecule has 7 aromatic carbocycles. The van der Waals surface area contributed by atoms with Crippen molar-refractivity contribution in [1.82, 2.24) is 29.9 Å². The molecule has 9 aromatic rings. The highest BCUT2D eigenvalue weighted by atomic mass is 15.0. The van der Waals surface area contributed by atoms with Crippen molar-refractivity contribution in [3.63, 3.8) is 0 Å². The lowest BCUT2D eigenvalue weighted by Gasteiger charge is -2.20. The van der Waals surface area contributed by atoms with Gasteiger partial charge >= 0.3 is 0 Å². The second kappa shape index (κ2) is 16.5. The van der Waals surface area contributed by atoms with Crippen molar-refractivity contribution in [3.8, 4) is 56.7 Å². The molecule has 0 bridgehead atoms. The Bertz CT molecular complexity index is 2920. The maximum atomic E-state index is 5.37. The molecule has 0 atom stereocenters. The Labute approximate surface area is 366 Å². The van der Waals surface area contributed by atoms with Gasteiger partial charge in [-0.1, -0.05) is 160 Å². The van der Waals surface area contributed by atoms with Crippen LogP contribution in [0.2, 0.25) is 0 Å². The van der Waals surface area contributed by atoms with Crippen LogP contribution in [0.5, 0.6) is 0 Å². The van der Waals surface area contributed by atoms with Gasteiger partial charge in [-0.2, -0.15) is 0 Å². The molecule has 0 N–H and O–H groups in total. The molecule has 0 aliphatic carbocycles. The number of hydrogen-bond donors (Lipinski definition) is 0. The minimum Gasteiger partial charge on any atom is -0.213 e. The highest BCUT2D eigenvalue weighted by molar-refractivity contribution is 6.28. The van der Waals surface area contributed by atoms with E-state index in [0.717, 1.165) is 62.9 Å². The third kappa shape index (κ3) is 7.19. The third-order valence-corrected chi connectivity index (χ3v) is 12.5. The second-order valence-corrected chi connectivity index (χ2v) is 18.0. The molecule has 310 valence electrons. The number of hydrogen-bond acceptors (Lipinski definition) is 6. The van der Waals surface area contributed by atoms with Gasteiger partial charge in [0.2, 0.25) is 0 Å². The first-order chi connectivity index (χ1) is 29.9. The summed E-state index contributed by atoms with van der Waals surface area (Å²) in [6, 6.07) is 39.9. The molecule has 2 aromatic heterocycles. The molecule has 0 aliphatic rings. The quantitative estimate of drug-likeness (QED) is 0.121. The van der Waals surface area contributed by atoms with Gasteiger partial charge in [-0.15, -0.1) is 0 Å². The van der Waals surface area contributed by atoms with E-state index in [1.807, 2.05) is 0 Å². The topological polar surface area (TPSA) is 77.3 Å². The SMILES string of the molecule is CCc1cccc(CC)c1-c1cc2ccc3c(-c4nc(-c5ccccc5C(C)C)nc(C(C)C)n4)cc(-c4nc(-c5ccccc5C(C)C)nc(C(C)C)n4)c4ccc(c1)c2c34. The Hall–Kier alpha value is -6.40. The van der Waals surface area contributed by atoms with Crippen LogP contribution in [-0.2, 0) is 12.8 Å². The fourth-order valence-corrected chi connectivity index (χ4v) is 9.23. The van der Waals surface area contributed by atoms with Crippen molar-refractivity contribution in [2.75, 3.05) is 0 Å². The molecule has 62 heavy (non-hydrogen) atoms. The first kappa shape index (κ1) is 41.0. The molecule has 0 spiro atoms. The van der Waals surface area contributed by atoms with Gasteiger partial charge in [0, 0.05) is 34.1 Å². The summed E-state index contributed by atoms with van der Waals surface area (Å²) in [6.45, 7) is 22.0. The summed E-state index contributed by atoms with van der Waals surface area (Å²) in [5, 5.41) is 6.94. The largest absolute Gasteiger partial charge is 0.213 e. The van der Waals surface area contributed by atoms with Crippen LogP contribution < -0.4 is 0 Å². The zero-order valence-corrected chi connectivity index (χ0v) is 37.8. The predicted octanol–water partition coefficient (Wildman–Crippen LogP) is 14.9. The van der Waals surface area contributed by atoms with Crippen LogP contribution in [0.4, 0.5) is 0 Å². The van der Waals surface area contributed by atoms with Crippen molar-refractivity contribution in [3.05, 3.63) is 143 Å². The van der Waals surface area contributed by atoms with E-state index in [2.05, 4.69) is 178 Å². The lowest BCUT2D eigenvalue weighted by molar-refractivity contribution is 0.764. The van der Waals surface area contributed by atoms with Gasteiger partial charge < -0.3 is 0 Å². The summed E-state index contributed by atoms with van der Waals surface area (Å²) >= 11 is 0. The van der Waals surface area contributed by atoms with Gasteiger partial charge in [0.25, 0.3) is 0 Å². The van der Waals surface area contributed by atoms with Gasteiger partial charge in [0.1, 0.15) is 11.6 Å². The Morgan fingerprint density at radius 1 is 0.387 bits per heavy atom. The van der Waals surface area contributed by atoms with Crippen LogP contribution >= 0.6 is 0 Å². The average molecular weight is 813 g/mol. The first-order valence-corrected chi connectivity index (χ1v) is 22.5. The van der Waals surface area contributed by atoms with E-state index in [4.69, 9.17) is 29.9 Å². The van der Waals surface area contributed by atoms with Crippen LogP contribution in [0, 0.1) is 0 Å². The second-order valence-electron chi connectivity index (χ2n) is 18.0. The van der Waals surface area contributed by atoms with E-state index >= 15 is 0 Å². The Morgan fingerprint density at radius 3 is 1.21 bits per heavy atom. The van der Waals surface area contributed by atoms with Crippen molar-refractivity contribution < 1.29 is 0 Å². The van der Waals surface area contributed by atoms with E-state index in [-0.39, 0.29) is 11.8 Å². The van der Waals surface area contributed by atoms with Gasteiger partial charge in [-0.3, -0.25) is 0 Å². The van der Waals surface area contributed by atoms with Crippen molar-refractivity contribution in [2.45, 2.75) is 106 Å². The third-order valence-electron chi connectivity index (χ3n) is 12.5. The number of nitrogens with zero attached hydrogens (tertiary/aromatic N) is 6. The number of benzene rings is 7. The Balaban J connectivity index is 1.39. The maximum Gasteiger partial charge on any atom is 0.164 e. The summed E-state index contributed by atoms with van der Waals surface area (Å²) in [5.41, 5.74) is 11.7. The molecule has 0 radical (unpaired) electrons. The number of rotatable bonds is 11. The smallest absolute Gasteiger partial charge is 0.164 e. The van der Waals surface area contributed by atoms with Gasteiger partial charge in [-0.25, -0.2) is 29.9 Å². The summed E-state index contributed by atoms with van der Waals surface area (Å²) in [7, 11) is 0. The van der Waals surface area contributed by atoms with Crippen LogP contribution in [0.25, 0.3) is 89.0 Å². The first-order valence-electron chi connectivity index (χ1n) is 22.5. The molecular weight excluding hydrogens is 757 g/mol. The number of aryl methyl sites for hydroxylation is 2. The summed E-state index contributed by atoms with van der Waals surface area (Å²) in [5.74, 6) is 4.95. The molecule has 9 rings (SSSR count). The van der Waals surface area contributed by atoms with E-state index < -0.39 is 0 Å². The monoisotopic (exact) mass is 812 g/mol. The van der Waals surface area contributed by atoms with Crippen LogP contribution in [-0.4, -0.2) is 29.9 Å².